The summed E-state index contributed by atoms with van der Waals surface area (Å²) in [6.45, 7) is 7.89. The Morgan fingerprint density at radius 3 is 2.62 bits per heavy atom. The average molecular weight is 184 g/mol. The summed E-state index contributed by atoms with van der Waals surface area (Å²) >= 11 is 0. The van der Waals surface area contributed by atoms with E-state index in [0.29, 0.717) is 0 Å². The molecule has 1 aliphatic rings. The molecular weight excluding hydrogens is 164 g/mol. The average Bonchev–Trinajstić information content (AvgIpc) is 2.01. The molecular formula is C10H20N2O. The number of rotatable bonds is 1. The van der Waals surface area contributed by atoms with E-state index < -0.39 is 0 Å². The summed E-state index contributed by atoms with van der Waals surface area (Å²) in [5.41, 5.74) is 5.83. The van der Waals surface area contributed by atoms with Gasteiger partial charge in [0.2, 0.25) is 5.91 Å². The van der Waals surface area contributed by atoms with E-state index in [0.717, 1.165) is 19.5 Å². The van der Waals surface area contributed by atoms with Gasteiger partial charge in [0.1, 0.15) is 0 Å². The lowest BCUT2D eigenvalue weighted by Gasteiger charge is -2.38. The second-order valence-electron chi connectivity index (χ2n) is 4.82. The van der Waals surface area contributed by atoms with Crippen molar-refractivity contribution in [3.63, 3.8) is 0 Å². The van der Waals surface area contributed by atoms with Crippen molar-refractivity contribution in [1.82, 2.24) is 4.90 Å². The Morgan fingerprint density at radius 2 is 2.15 bits per heavy atom. The van der Waals surface area contributed by atoms with E-state index in [1.165, 1.54) is 6.42 Å². The van der Waals surface area contributed by atoms with Crippen LogP contribution in [-0.4, -0.2) is 29.9 Å². The van der Waals surface area contributed by atoms with Crippen LogP contribution >= 0.6 is 0 Å². The lowest BCUT2D eigenvalue weighted by Crippen LogP contribution is -2.49. The van der Waals surface area contributed by atoms with Crippen molar-refractivity contribution in [3.8, 4) is 0 Å². The Labute approximate surface area is 80.3 Å². The maximum Gasteiger partial charge on any atom is 0.239 e. The van der Waals surface area contributed by atoms with Crippen LogP contribution in [0.3, 0.4) is 0 Å². The number of amides is 1. The molecule has 0 radical (unpaired) electrons. The summed E-state index contributed by atoms with van der Waals surface area (Å²) in [5, 5.41) is 0. The summed E-state index contributed by atoms with van der Waals surface area (Å²) in [4.78, 5) is 13.5. The van der Waals surface area contributed by atoms with Gasteiger partial charge < -0.3 is 10.6 Å². The SMILES string of the molecule is C[C@H](N)C(=O)N1CCCC(C)(C)C1. The van der Waals surface area contributed by atoms with Crippen molar-refractivity contribution < 1.29 is 4.79 Å². The fraction of sp³-hybridized carbons (Fsp3) is 0.900. The van der Waals surface area contributed by atoms with E-state index in [2.05, 4.69) is 13.8 Å². The van der Waals surface area contributed by atoms with E-state index in [1.807, 2.05) is 4.90 Å². The highest BCUT2D eigenvalue weighted by Gasteiger charge is 2.29. The first-order chi connectivity index (χ1) is 5.92. The third kappa shape index (κ3) is 2.69. The fourth-order valence-electron chi connectivity index (χ4n) is 1.90. The van der Waals surface area contributed by atoms with Crippen molar-refractivity contribution in [2.45, 2.75) is 39.7 Å². The van der Waals surface area contributed by atoms with Crippen LogP contribution in [0.15, 0.2) is 0 Å². The second kappa shape index (κ2) is 3.66. The highest BCUT2D eigenvalue weighted by atomic mass is 16.2. The molecule has 1 heterocycles. The number of nitrogens with two attached hydrogens (primary N) is 1. The molecule has 1 saturated heterocycles. The van der Waals surface area contributed by atoms with Gasteiger partial charge in [0.05, 0.1) is 6.04 Å². The first-order valence-electron chi connectivity index (χ1n) is 4.97. The molecule has 3 nitrogen and oxygen atoms in total. The van der Waals surface area contributed by atoms with Crippen molar-refractivity contribution in [3.05, 3.63) is 0 Å². The molecule has 3 heteroatoms. The molecule has 1 atom stereocenters. The smallest absolute Gasteiger partial charge is 0.239 e. The first kappa shape index (κ1) is 10.5. The zero-order valence-corrected chi connectivity index (χ0v) is 8.84. The highest BCUT2D eigenvalue weighted by Crippen LogP contribution is 2.28. The van der Waals surface area contributed by atoms with Crippen molar-refractivity contribution in [2.24, 2.45) is 11.1 Å². The molecule has 0 unspecified atom stereocenters. The zero-order chi connectivity index (χ0) is 10.1. The molecule has 0 aliphatic carbocycles. The van der Waals surface area contributed by atoms with E-state index in [4.69, 9.17) is 5.73 Å². The van der Waals surface area contributed by atoms with E-state index in [-0.39, 0.29) is 17.4 Å². The first-order valence-corrected chi connectivity index (χ1v) is 4.97. The normalized spacial score (nSPS) is 24.2. The minimum atomic E-state index is -0.353. The largest absolute Gasteiger partial charge is 0.341 e. The molecule has 0 spiro atoms. The summed E-state index contributed by atoms with van der Waals surface area (Å²) in [6.07, 6.45) is 2.31. The molecule has 1 amide bonds. The van der Waals surface area contributed by atoms with Gasteiger partial charge in [-0.15, -0.1) is 0 Å². The second-order valence-corrected chi connectivity index (χ2v) is 4.82. The summed E-state index contributed by atoms with van der Waals surface area (Å²) in [6, 6.07) is -0.353. The van der Waals surface area contributed by atoms with Crippen LogP contribution in [0.4, 0.5) is 0 Å². The third-order valence-corrected chi connectivity index (χ3v) is 2.60. The minimum absolute atomic E-state index is 0.0905. The fourth-order valence-corrected chi connectivity index (χ4v) is 1.90. The molecule has 1 fully saturated rings. The van der Waals surface area contributed by atoms with Crippen LogP contribution < -0.4 is 5.73 Å². The molecule has 0 aromatic rings. The molecule has 0 aromatic heterocycles. The molecule has 0 saturated carbocycles. The number of carbonyl (C=O) groups is 1. The Bertz CT molecular complexity index is 199. The van der Waals surface area contributed by atoms with E-state index in [9.17, 15) is 4.79 Å². The molecule has 2 N–H and O–H groups in total. The number of likely N-dealkylation sites (tertiary alicyclic amines) is 1. The van der Waals surface area contributed by atoms with Crippen LogP contribution in [0.1, 0.15) is 33.6 Å². The highest BCUT2D eigenvalue weighted by molar-refractivity contribution is 5.81. The monoisotopic (exact) mass is 184 g/mol. The summed E-state index contributed by atoms with van der Waals surface area (Å²) < 4.78 is 0. The minimum Gasteiger partial charge on any atom is -0.341 e. The predicted octanol–water partition coefficient (Wildman–Crippen LogP) is 0.982. The maximum atomic E-state index is 11.6. The van der Waals surface area contributed by atoms with E-state index in [1.54, 1.807) is 6.92 Å². The molecule has 76 valence electrons. The molecule has 13 heavy (non-hydrogen) atoms. The standard InChI is InChI=1S/C10H20N2O/c1-8(11)9(13)12-6-4-5-10(2,3)7-12/h8H,4-7,11H2,1-3H3/t8-/m0/s1. The number of hydrogen-bond acceptors (Lipinski definition) is 2. The van der Waals surface area contributed by atoms with Crippen molar-refractivity contribution in [2.75, 3.05) is 13.1 Å². The van der Waals surface area contributed by atoms with Gasteiger partial charge in [0.15, 0.2) is 0 Å². The summed E-state index contributed by atoms with van der Waals surface area (Å²) in [5.74, 6) is 0.0905. The van der Waals surface area contributed by atoms with Crippen molar-refractivity contribution in [1.29, 1.82) is 0 Å². The van der Waals surface area contributed by atoms with Gasteiger partial charge in [0, 0.05) is 13.1 Å². The van der Waals surface area contributed by atoms with Gasteiger partial charge in [-0.3, -0.25) is 4.79 Å². The topological polar surface area (TPSA) is 46.3 Å². The van der Waals surface area contributed by atoms with Gasteiger partial charge in [-0.1, -0.05) is 13.8 Å². The molecule has 1 rings (SSSR count). The predicted molar refractivity (Wildman–Crippen MR) is 53.2 cm³/mol. The lowest BCUT2D eigenvalue weighted by atomic mass is 9.84. The Balaban J connectivity index is 2.57. The van der Waals surface area contributed by atoms with Crippen LogP contribution in [0.25, 0.3) is 0 Å². The zero-order valence-electron chi connectivity index (χ0n) is 8.84. The number of piperidine rings is 1. The molecule has 1 aliphatic heterocycles. The van der Waals surface area contributed by atoms with Crippen LogP contribution in [0.5, 0.6) is 0 Å². The van der Waals surface area contributed by atoms with Gasteiger partial charge in [-0.25, -0.2) is 0 Å². The molecule has 0 bridgehead atoms. The Morgan fingerprint density at radius 1 is 1.54 bits per heavy atom. The third-order valence-electron chi connectivity index (χ3n) is 2.60. The van der Waals surface area contributed by atoms with Gasteiger partial charge in [-0.05, 0) is 25.2 Å². The maximum absolute atomic E-state index is 11.6. The van der Waals surface area contributed by atoms with Crippen LogP contribution in [0, 0.1) is 5.41 Å². The van der Waals surface area contributed by atoms with Crippen molar-refractivity contribution >= 4 is 5.91 Å². The Kier molecular flexibility index (Phi) is 2.96. The van der Waals surface area contributed by atoms with Gasteiger partial charge in [0.25, 0.3) is 0 Å². The number of hydrogen-bond donors (Lipinski definition) is 1. The van der Waals surface area contributed by atoms with E-state index >= 15 is 0 Å². The Hall–Kier alpha value is -0.570. The van der Waals surface area contributed by atoms with Gasteiger partial charge >= 0.3 is 0 Å². The lowest BCUT2D eigenvalue weighted by molar-refractivity contribution is -0.135. The van der Waals surface area contributed by atoms with Crippen LogP contribution in [0.2, 0.25) is 0 Å². The number of carbonyl (C=O) groups excluding carboxylic acids is 1. The summed E-state index contributed by atoms with van der Waals surface area (Å²) in [7, 11) is 0. The quantitative estimate of drug-likeness (QED) is 0.660. The molecule has 0 aromatic carbocycles. The van der Waals surface area contributed by atoms with Crippen LogP contribution in [-0.2, 0) is 4.79 Å². The number of nitrogens with zero attached hydrogens (tertiary/aromatic N) is 1. The van der Waals surface area contributed by atoms with Gasteiger partial charge in [-0.2, -0.15) is 0 Å².